The van der Waals surface area contributed by atoms with Crippen LogP contribution >= 0.6 is 11.8 Å². The molecule has 2 saturated heterocycles. The Labute approximate surface area is 169 Å². The monoisotopic (exact) mass is 424 g/mol. The number of rotatable bonds is 5. The van der Waals surface area contributed by atoms with Crippen LogP contribution in [0.25, 0.3) is 0 Å². The third-order valence-electron chi connectivity index (χ3n) is 5.51. The molecule has 0 spiro atoms. The number of hydrogen-bond donors (Lipinski definition) is 0. The average Bonchev–Trinajstić information content (AvgIpc) is 3.30. The smallest absolute Gasteiger partial charge is 0.251 e. The molecule has 2 fully saturated rings. The number of fused-ring (bicyclic) bond motifs is 2. The fourth-order valence-electron chi connectivity index (χ4n) is 3.88. The normalized spacial score (nSPS) is 26.2. The van der Waals surface area contributed by atoms with Crippen molar-refractivity contribution in [2.75, 3.05) is 18.3 Å². The number of amidine groups is 1. The zero-order valence-electron chi connectivity index (χ0n) is 16.0. The van der Waals surface area contributed by atoms with Gasteiger partial charge in [0.25, 0.3) is 5.91 Å². The van der Waals surface area contributed by atoms with Crippen LogP contribution in [0, 0.1) is 5.92 Å². The van der Waals surface area contributed by atoms with Crippen molar-refractivity contribution in [2.45, 2.75) is 44.5 Å². The number of amides is 1. The first-order valence-corrected chi connectivity index (χ1v) is 12.2. The van der Waals surface area contributed by atoms with Crippen LogP contribution in [0.4, 0.5) is 0 Å². The zero-order chi connectivity index (χ0) is 19.9. The van der Waals surface area contributed by atoms with E-state index >= 15 is 0 Å². The fourth-order valence-corrected chi connectivity index (χ4v) is 7.84. The standard InChI is InChI=1S/C19H24N2O5S2/c1-3-13(4-2)18(22)20-19-21(14-9-28(23,24)10-17(14)27-19)8-12-5-6-15-16(7-12)26-11-25-15/h5-7,13-14,17H,3-4,8-11H2,1-2H3/t14-,17-/m0/s1. The molecule has 1 aromatic rings. The van der Waals surface area contributed by atoms with Crippen LogP contribution in [-0.2, 0) is 21.2 Å². The van der Waals surface area contributed by atoms with Crippen molar-refractivity contribution in [2.24, 2.45) is 10.9 Å². The Balaban J connectivity index is 1.62. The molecule has 7 nitrogen and oxygen atoms in total. The van der Waals surface area contributed by atoms with Crippen LogP contribution in [0.2, 0.25) is 0 Å². The van der Waals surface area contributed by atoms with Gasteiger partial charge in [-0.2, -0.15) is 4.99 Å². The van der Waals surface area contributed by atoms with Crippen molar-refractivity contribution in [3.8, 4) is 11.5 Å². The summed E-state index contributed by atoms with van der Waals surface area (Å²) in [5, 5.41) is 0.562. The van der Waals surface area contributed by atoms with Gasteiger partial charge in [-0.25, -0.2) is 8.42 Å². The lowest BCUT2D eigenvalue weighted by Gasteiger charge is -2.25. The summed E-state index contributed by atoms with van der Waals surface area (Å²) in [5.41, 5.74) is 0.970. The summed E-state index contributed by atoms with van der Waals surface area (Å²) in [6, 6.07) is 5.55. The minimum atomic E-state index is -3.06. The Hall–Kier alpha value is -1.74. The molecule has 3 aliphatic rings. The number of benzene rings is 1. The molecule has 9 heteroatoms. The van der Waals surface area contributed by atoms with E-state index < -0.39 is 9.84 Å². The van der Waals surface area contributed by atoms with Crippen LogP contribution in [-0.4, -0.2) is 54.0 Å². The molecule has 4 rings (SSSR count). The third kappa shape index (κ3) is 3.74. The van der Waals surface area contributed by atoms with Gasteiger partial charge >= 0.3 is 0 Å². The van der Waals surface area contributed by atoms with Gasteiger partial charge < -0.3 is 14.4 Å². The number of nitrogens with zero attached hydrogens (tertiary/aromatic N) is 2. The van der Waals surface area contributed by atoms with E-state index in [0.717, 1.165) is 18.4 Å². The van der Waals surface area contributed by atoms with Crippen LogP contribution in [0.1, 0.15) is 32.3 Å². The summed E-state index contributed by atoms with van der Waals surface area (Å²) < 4.78 is 35.1. The first-order chi connectivity index (χ1) is 13.4. The van der Waals surface area contributed by atoms with Gasteiger partial charge in [-0.15, -0.1) is 0 Å². The summed E-state index contributed by atoms with van der Waals surface area (Å²) in [6.45, 7) is 4.66. The minimum Gasteiger partial charge on any atom is -0.454 e. The molecule has 0 saturated carbocycles. The minimum absolute atomic E-state index is 0.0766. The first kappa shape index (κ1) is 19.6. The van der Waals surface area contributed by atoms with Gasteiger partial charge in [0.2, 0.25) is 6.79 Å². The lowest BCUT2D eigenvalue weighted by atomic mass is 10.0. The predicted octanol–water partition coefficient (Wildman–Crippen LogP) is 2.45. The Bertz CT molecular complexity index is 911. The maximum absolute atomic E-state index is 12.6. The molecule has 0 aromatic heterocycles. The molecule has 0 aliphatic carbocycles. The van der Waals surface area contributed by atoms with Gasteiger partial charge in [0.05, 0.1) is 17.5 Å². The number of thioether (sulfide) groups is 1. The number of ether oxygens (including phenoxy) is 2. The highest BCUT2D eigenvalue weighted by atomic mass is 32.2. The second-order valence-electron chi connectivity index (χ2n) is 7.36. The van der Waals surface area contributed by atoms with E-state index in [1.165, 1.54) is 11.8 Å². The number of hydrogen-bond acceptors (Lipinski definition) is 6. The van der Waals surface area contributed by atoms with E-state index in [4.69, 9.17) is 9.47 Å². The van der Waals surface area contributed by atoms with E-state index in [1.807, 2.05) is 36.9 Å². The molecule has 1 aromatic carbocycles. The highest BCUT2D eigenvalue weighted by Crippen LogP contribution is 2.40. The van der Waals surface area contributed by atoms with Crippen molar-refractivity contribution in [1.29, 1.82) is 0 Å². The third-order valence-corrected chi connectivity index (χ3v) is 8.75. The highest BCUT2D eigenvalue weighted by molar-refractivity contribution is 8.15. The average molecular weight is 425 g/mol. The summed E-state index contributed by atoms with van der Waals surface area (Å²) in [6.07, 6.45) is 1.50. The SMILES string of the molecule is CCC(CC)C(=O)N=C1S[C@H]2CS(=O)(=O)C[C@@H]2N1Cc1ccc2c(c1)OCO2. The maximum Gasteiger partial charge on any atom is 0.251 e. The van der Waals surface area contributed by atoms with Crippen LogP contribution in [0.5, 0.6) is 11.5 Å². The molecule has 28 heavy (non-hydrogen) atoms. The quantitative estimate of drug-likeness (QED) is 0.718. The van der Waals surface area contributed by atoms with E-state index in [-0.39, 0.29) is 41.4 Å². The molecule has 1 amide bonds. The van der Waals surface area contributed by atoms with Crippen molar-refractivity contribution in [1.82, 2.24) is 4.90 Å². The number of aliphatic imine (C=N–C) groups is 1. The van der Waals surface area contributed by atoms with E-state index in [1.54, 1.807) is 0 Å². The molecular weight excluding hydrogens is 400 g/mol. The predicted molar refractivity (Wildman–Crippen MR) is 108 cm³/mol. The lowest BCUT2D eigenvalue weighted by Crippen LogP contribution is -2.37. The van der Waals surface area contributed by atoms with Crippen molar-refractivity contribution < 1.29 is 22.7 Å². The van der Waals surface area contributed by atoms with Crippen LogP contribution in [0.15, 0.2) is 23.2 Å². The van der Waals surface area contributed by atoms with E-state index in [2.05, 4.69) is 4.99 Å². The lowest BCUT2D eigenvalue weighted by molar-refractivity contribution is -0.121. The molecule has 0 unspecified atom stereocenters. The van der Waals surface area contributed by atoms with Crippen LogP contribution in [0.3, 0.4) is 0 Å². The summed E-state index contributed by atoms with van der Waals surface area (Å²) in [5.74, 6) is 1.42. The van der Waals surface area contributed by atoms with Crippen molar-refractivity contribution in [3.63, 3.8) is 0 Å². The topological polar surface area (TPSA) is 85.3 Å². The number of carbonyl (C=O) groups is 1. The molecule has 0 radical (unpaired) electrons. The largest absolute Gasteiger partial charge is 0.454 e. The van der Waals surface area contributed by atoms with Gasteiger partial charge in [-0.1, -0.05) is 31.7 Å². The van der Waals surface area contributed by atoms with Crippen molar-refractivity contribution in [3.05, 3.63) is 23.8 Å². The Morgan fingerprint density at radius 3 is 2.75 bits per heavy atom. The van der Waals surface area contributed by atoms with E-state index in [9.17, 15) is 13.2 Å². The summed E-state index contributed by atoms with van der Waals surface area (Å²) in [7, 11) is -3.06. The zero-order valence-corrected chi connectivity index (χ0v) is 17.6. The Morgan fingerprint density at radius 1 is 1.25 bits per heavy atom. The highest BCUT2D eigenvalue weighted by Gasteiger charge is 2.48. The first-order valence-electron chi connectivity index (χ1n) is 9.55. The fraction of sp³-hybridized carbons (Fsp3) is 0.579. The molecule has 2 atom stereocenters. The van der Waals surface area contributed by atoms with Gasteiger partial charge in [-0.05, 0) is 30.5 Å². The summed E-state index contributed by atoms with van der Waals surface area (Å²) >= 11 is 1.42. The number of carbonyl (C=O) groups excluding carboxylic acids is 1. The van der Waals surface area contributed by atoms with Gasteiger partial charge in [-0.3, -0.25) is 4.79 Å². The van der Waals surface area contributed by atoms with Gasteiger partial charge in [0.15, 0.2) is 26.5 Å². The van der Waals surface area contributed by atoms with Crippen molar-refractivity contribution >= 4 is 32.7 Å². The van der Waals surface area contributed by atoms with Gasteiger partial charge in [0, 0.05) is 17.7 Å². The summed E-state index contributed by atoms with van der Waals surface area (Å²) in [4.78, 5) is 19.0. The maximum atomic E-state index is 12.6. The Kier molecular flexibility index (Phi) is 5.30. The second-order valence-corrected chi connectivity index (χ2v) is 10.7. The molecule has 0 bridgehead atoms. The number of sulfone groups is 1. The molecule has 3 aliphatic heterocycles. The van der Waals surface area contributed by atoms with Gasteiger partial charge in [0.1, 0.15) is 0 Å². The molecule has 0 N–H and O–H groups in total. The Morgan fingerprint density at radius 2 is 2.00 bits per heavy atom. The molecular formula is C19H24N2O5S2. The second kappa shape index (κ2) is 7.59. The van der Waals surface area contributed by atoms with Crippen LogP contribution < -0.4 is 9.47 Å². The van der Waals surface area contributed by atoms with E-state index in [0.29, 0.717) is 23.2 Å². The molecule has 3 heterocycles. The molecule has 152 valence electrons.